The first-order valence-corrected chi connectivity index (χ1v) is 5.92. The van der Waals surface area contributed by atoms with Crippen molar-refractivity contribution in [3.8, 4) is 11.5 Å². The van der Waals surface area contributed by atoms with Gasteiger partial charge >= 0.3 is 5.97 Å². The Labute approximate surface area is 115 Å². The predicted octanol–water partition coefficient (Wildman–Crippen LogP) is 4.22. The van der Waals surface area contributed by atoms with Crippen molar-refractivity contribution in [2.24, 2.45) is 0 Å². The quantitative estimate of drug-likeness (QED) is 0.917. The number of halogens is 3. The first-order chi connectivity index (χ1) is 8.97. The Morgan fingerprint density at radius 2 is 1.63 bits per heavy atom. The van der Waals surface area contributed by atoms with Crippen molar-refractivity contribution in [2.75, 3.05) is 0 Å². The molecule has 0 aliphatic carbocycles. The monoisotopic (exact) mass is 328 g/mol. The highest BCUT2D eigenvalue weighted by Gasteiger charge is 2.16. The van der Waals surface area contributed by atoms with Gasteiger partial charge in [0.25, 0.3) is 0 Å². The van der Waals surface area contributed by atoms with Crippen molar-refractivity contribution in [1.29, 1.82) is 0 Å². The van der Waals surface area contributed by atoms with E-state index < -0.39 is 28.9 Å². The van der Waals surface area contributed by atoms with Gasteiger partial charge in [0.15, 0.2) is 17.4 Å². The van der Waals surface area contributed by atoms with Crippen LogP contribution in [0.3, 0.4) is 0 Å². The van der Waals surface area contributed by atoms with Gasteiger partial charge in [0.2, 0.25) is 0 Å². The van der Waals surface area contributed by atoms with Crippen LogP contribution in [0.15, 0.2) is 40.9 Å². The fraction of sp³-hybridized carbons (Fsp3) is 0. The fourth-order valence-corrected chi connectivity index (χ4v) is 1.67. The van der Waals surface area contributed by atoms with Gasteiger partial charge in [-0.05, 0) is 36.4 Å². The van der Waals surface area contributed by atoms with Crippen LogP contribution in [0.2, 0.25) is 0 Å². The molecule has 0 heterocycles. The molecule has 2 aromatic rings. The number of carboxylic acids is 1. The van der Waals surface area contributed by atoms with Crippen LogP contribution in [0.5, 0.6) is 11.5 Å². The number of hydrogen-bond donors (Lipinski definition) is 1. The van der Waals surface area contributed by atoms with Crippen molar-refractivity contribution in [3.05, 3.63) is 58.1 Å². The lowest BCUT2D eigenvalue weighted by Crippen LogP contribution is -2.01. The number of ether oxygens (including phenoxy) is 1. The Morgan fingerprint density at radius 1 is 1.11 bits per heavy atom. The van der Waals surface area contributed by atoms with Crippen LogP contribution >= 0.6 is 15.9 Å². The maximum Gasteiger partial charge on any atom is 0.335 e. The molecule has 0 spiro atoms. The summed E-state index contributed by atoms with van der Waals surface area (Å²) in [5.74, 6) is -3.94. The molecule has 0 aliphatic rings. The summed E-state index contributed by atoms with van der Waals surface area (Å²) in [5, 5.41) is 8.67. The molecule has 1 N–H and O–H groups in total. The van der Waals surface area contributed by atoms with E-state index >= 15 is 0 Å². The van der Waals surface area contributed by atoms with Crippen molar-refractivity contribution in [2.45, 2.75) is 0 Å². The molecule has 0 amide bonds. The standard InChI is InChI=1S/C13H7BrF2O3/c14-8-1-3-9(4-2-8)19-12-10(15)5-7(13(17)18)6-11(12)16/h1-6H,(H,17,18). The highest BCUT2D eigenvalue weighted by Crippen LogP contribution is 2.29. The number of benzene rings is 2. The van der Waals surface area contributed by atoms with Crippen molar-refractivity contribution < 1.29 is 23.4 Å². The summed E-state index contributed by atoms with van der Waals surface area (Å²) in [6.07, 6.45) is 0. The van der Waals surface area contributed by atoms with Crippen LogP contribution in [0.25, 0.3) is 0 Å². The molecule has 19 heavy (non-hydrogen) atoms. The van der Waals surface area contributed by atoms with E-state index in [4.69, 9.17) is 9.84 Å². The topological polar surface area (TPSA) is 46.5 Å². The van der Waals surface area contributed by atoms with Gasteiger partial charge in [-0.3, -0.25) is 0 Å². The lowest BCUT2D eigenvalue weighted by molar-refractivity contribution is 0.0695. The summed E-state index contributed by atoms with van der Waals surface area (Å²) in [6.45, 7) is 0. The molecule has 0 saturated heterocycles. The van der Waals surface area contributed by atoms with Gasteiger partial charge in [-0.15, -0.1) is 0 Å². The SMILES string of the molecule is O=C(O)c1cc(F)c(Oc2ccc(Br)cc2)c(F)c1. The maximum atomic E-state index is 13.6. The first kappa shape index (κ1) is 13.5. The van der Waals surface area contributed by atoms with E-state index in [-0.39, 0.29) is 5.75 Å². The van der Waals surface area contributed by atoms with Gasteiger partial charge in [-0.25, -0.2) is 13.6 Å². The number of carbonyl (C=O) groups is 1. The Kier molecular flexibility index (Phi) is 3.80. The van der Waals surface area contributed by atoms with E-state index in [1.807, 2.05) is 0 Å². The zero-order valence-corrected chi connectivity index (χ0v) is 10.9. The predicted molar refractivity (Wildman–Crippen MR) is 67.5 cm³/mol. The number of rotatable bonds is 3. The summed E-state index contributed by atoms with van der Waals surface area (Å²) in [5.41, 5.74) is -0.474. The molecule has 98 valence electrons. The normalized spacial score (nSPS) is 10.3. The van der Waals surface area contributed by atoms with Crippen LogP contribution in [0.1, 0.15) is 10.4 Å². The fourth-order valence-electron chi connectivity index (χ4n) is 1.40. The molecule has 6 heteroatoms. The van der Waals surface area contributed by atoms with Crippen LogP contribution < -0.4 is 4.74 Å². The number of hydrogen-bond acceptors (Lipinski definition) is 2. The molecule has 3 nitrogen and oxygen atoms in total. The van der Waals surface area contributed by atoms with Gasteiger partial charge < -0.3 is 9.84 Å². The lowest BCUT2D eigenvalue weighted by atomic mass is 10.2. The second-order valence-electron chi connectivity index (χ2n) is 3.63. The number of aromatic carboxylic acids is 1. The van der Waals surface area contributed by atoms with E-state index in [0.717, 1.165) is 4.47 Å². The molecule has 0 unspecified atom stereocenters. The van der Waals surface area contributed by atoms with Gasteiger partial charge in [-0.2, -0.15) is 0 Å². The minimum Gasteiger partial charge on any atom is -0.478 e. The van der Waals surface area contributed by atoms with E-state index in [0.29, 0.717) is 12.1 Å². The Morgan fingerprint density at radius 3 is 2.11 bits per heavy atom. The average molecular weight is 329 g/mol. The highest BCUT2D eigenvalue weighted by molar-refractivity contribution is 9.10. The number of carboxylic acid groups (broad SMARTS) is 1. The average Bonchev–Trinajstić information content (AvgIpc) is 2.35. The molecule has 0 radical (unpaired) electrons. The Balaban J connectivity index is 2.35. The highest BCUT2D eigenvalue weighted by atomic mass is 79.9. The summed E-state index contributed by atoms with van der Waals surface area (Å²) in [6, 6.07) is 7.76. The smallest absolute Gasteiger partial charge is 0.335 e. The maximum absolute atomic E-state index is 13.6. The van der Waals surface area contributed by atoms with Crippen molar-refractivity contribution in [1.82, 2.24) is 0 Å². The molecule has 0 atom stereocenters. The summed E-state index contributed by atoms with van der Waals surface area (Å²) in [7, 11) is 0. The lowest BCUT2D eigenvalue weighted by Gasteiger charge is -2.08. The van der Waals surface area contributed by atoms with Crippen molar-refractivity contribution >= 4 is 21.9 Å². The van der Waals surface area contributed by atoms with E-state index in [2.05, 4.69) is 15.9 Å². The third kappa shape index (κ3) is 3.08. The molecule has 0 bridgehead atoms. The molecule has 0 fully saturated rings. The van der Waals surface area contributed by atoms with Crippen LogP contribution in [0, 0.1) is 11.6 Å². The van der Waals surface area contributed by atoms with E-state index in [1.54, 1.807) is 12.1 Å². The Bertz CT molecular complexity index is 603. The summed E-state index contributed by atoms with van der Waals surface area (Å²) in [4.78, 5) is 10.6. The van der Waals surface area contributed by atoms with Gasteiger partial charge in [0.05, 0.1) is 5.56 Å². The van der Waals surface area contributed by atoms with Gasteiger partial charge in [0, 0.05) is 4.47 Å². The zero-order chi connectivity index (χ0) is 14.0. The van der Waals surface area contributed by atoms with Crippen LogP contribution in [-0.4, -0.2) is 11.1 Å². The van der Waals surface area contributed by atoms with Crippen LogP contribution in [-0.2, 0) is 0 Å². The molecular weight excluding hydrogens is 322 g/mol. The van der Waals surface area contributed by atoms with E-state index in [9.17, 15) is 13.6 Å². The molecule has 0 saturated carbocycles. The molecule has 2 rings (SSSR count). The van der Waals surface area contributed by atoms with Gasteiger partial charge in [0.1, 0.15) is 5.75 Å². The van der Waals surface area contributed by atoms with Crippen LogP contribution in [0.4, 0.5) is 8.78 Å². The minimum absolute atomic E-state index is 0.240. The van der Waals surface area contributed by atoms with Crippen molar-refractivity contribution in [3.63, 3.8) is 0 Å². The minimum atomic E-state index is -1.41. The molecule has 0 aliphatic heterocycles. The molecule has 0 aromatic heterocycles. The summed E-state index contributed by atoms with van der Waals surface area (Å²) >= 11 is 3.22. The third-order valence-corrected chi connectivity index (χ3v) is 2.81. The summed E-state index contributed by atoms with van der Waals surface area (Å²) < 4.78 is 33.1. The molecular formula is C13H7BrF2O3. The Hall–Kier alpha value is -1.95. The second-order valence-corrected chi connectivity index (χ2v) is 4.55. The second kappa shape index (κ2) is 5.36. The van der Waals surface area contributed by atoms with E-state index in [1.165, 1.54) is 12.1 Å². The third-order valence-electron chi connectivity index (χ3n) is 2.28. The zero-order valence-electron chi connectivity index (χ0n) is 9.36. The first-order valence-electron chi connectivity index (χ1n) is 5.13. The largest absolute Gasteiger partial charge is 0.478 e. The molecule has 2 aromatic carbocycles. The van der Waals surface area contributed by atoms with Gasteiger partial charge in [-0.1, -0.05) is 15.9 Å².